The average molecular weight is 329 g/mol. The van der Waals surface area contributed by atoms with E-state index in [1.807, 2.05) is 0 Å². The lowest BCUT2D eigenvalue weighted by Crippen LogP contribution is -2.32. The summed E-state index contributed by atoms with van der Waals surface area (Å²) in [5.41, 5.74) is -0.290. The third-order valence-electron chi connectivity index (χ3n) is 4.96. The van der Waals surface area contributed by atoms with Crippen LogP contribution < -0.4 is 0 Å². The van der Waals surface area contributed by atoms with Crippen LogP contribution in [0.15, 0.2) is 24.3 Å². The van der Waals surface area contributed by atoms with E-state index in [1.165, 1.54) is 31.4 Å². The van der Waals surface area contributed by atoms with E-state index < -0.39 is 11.7 Å². The number of hydrogen-bond donors (Lipinski definition) is 1. The van der Waals surface area contributed by atoms with Crippen molar-refractivity contribution in [2.24, 2.45) is 5.92 Å². The largest absolute Gasteiger partial charge is 0.416 e. The van der Waals surface area contributed by atoms with Crippen molar-refractivity contribution in [3.8, 4) is 0 Å². The molecule has 0 aliphatic carbocycles. The summed E-state index contributed by atoms with van der Waals surface area (Å²) in [4.78, 5) is 2.36. The number of hydrogen-bond acceptors (Lipinski definition) is 2. The molecule has 0 radical (unpaired) electrons. The molecular formula is C18H26F3NO. The number of aliphatic hydroxyl groups is 1. The van der Waals surface area contributed by atoms with Crippen LogP contribution in [0.1, 0.15) is 49.7 Å². The molecular weight excluding hydrogens is 303 g/mol. The van der Waals surface area contributed by atoms with Crippen molar-refractivity contribution in [1.82, 2.24) is 4.90 Å². The Labute approximate surface area is 136 Å². The van der Waals surface area contributed by atoms with Crippen LogP contribution in [-0.4, -0.2) is 36.2 Å². The first-order chi connectivity index (χ1) is 10.9. The molecule has 1 fully saturated rings. The minimum Gasteiger partial charge on any atom is -0.396 e. The second-order valence-electron chi connectivity index (χ2n) is 6.51. The molecule has 2 atom stereocenters. The van der Waals surface area contributed by atoms with E-state index in [1.54, 1.807) is 13.0 Å². The molecule has 1 heterocycles. The minimum absolute atomic E-state index is 0.0821. The predicted octanol–water partition coefficient (Wildman–Crippen LogP) is 4.29. The van der Waals surface area contributed by atoms with Gasteiger partial charge in [0.05, 0.1) is 5.56 Å². The molecule has 2 nitrogen and oxygen atoms in total. The molecule has 1 aliphatic rings. The molecule has 2 rings (SSSR count). The highest BCUT2D eigenvalue weighted by molar-refractivity contribution is 5.32. The quantitative estimate of drug-likeness (QED) is 0.841. The Hall–Kier alpha value is -1.07. The Balaban J connectivity index is 2.06. The molecule has 0 spiro atoms. The fraction of sp³-hybridized carbons (Fsp3) is 0.667. The van der Waals surface area contributed by atoms with Gasteiger partial charge in [-0.3, -0.25) is 0 Å². The highest BCUT2D eigenvalue weighted by atomic mass is 19.4. The van der Waals surface area contributed by atoms with Crippen molar-refractivity contribution in [3.63, 3.8) is 0 Å². The van der Waals surface area contributed by atoms with Gasteiger partial charge in [0.15, 0.2) is 0 Å². The minimum atomic E-state index is -4.35. The molecule has 1 aromatic carbocycles. The van der Waals surface area contributed by atoms with E-state index in [9.17, 15) is 18.3 Å². The van der Waals surface area contributed by atoms with Gasteiger partial charge in [0.1, 0.15) is 0 Å². The molecule has 130 valence electrons. The summed E-state index contributed by atoms with van der Waals surface area (Å²) >= 11 is 0. The zero-order chi connectivity index (χ0) is 16.9. The van der Waals surface area contributed by atoms with Crippen LogP contribution in [0.3, 0.4) is 0 Å². The number of aliphatic hydroxyl groups excluding tert-OH is 1. The topological polar surface area (TPSA) is 23.5 Å². The van der Waals surface area contributed by atoms with Gasteiger partial charge in [0.2, 0.25) is 0 Å². The Bertz CT molecular complexity index is 483. The van der Waals surface area contributed by atoms with Crippen LogP contribution in [0.2, 0.25) is 0 Å². The zero-order valence-corrected chi connectivity index (χ0v) is 13.6. The van der Waals surface area contributed by atoms with E-state index >= 15 is 0 Å². The highest BCUT2D eigenvalue weighted by Crippen LogP contribution is 2.38. The van der Waals surface area contributed by atoms with Gasteiger partial charge < -0.3 is 10.0 Å². The lowest BCUT2D eigenvalue weighted by molar-refractivity contribution is -0.138. The summed E-state index contributed by atoms with van der Waals surface area (Å²) in [7, 11) is 0. The van der Waals surface area contributed by atoms with E-state index in [0.717, 1.165) is 32.1 Å². The molecule has 1 aliphatic heterocycles. The number of likely N-dealkylation sites (tertiary alicyclic amines) is 1. The standard InChI is InChI=1S/C18H26F3NO/c1-14(16-7-3-4-8-17(16)18(19,20)21)15(13-23)9-12-22-10-5-2-6-11-22/h3-4,7-8,14-15,23H,2,5-6,9-13H2,1H3. The van der Waals surface area contributed by atoms with Crippen molar-refractivity contribution in [1.29, 1.82) is 0 Å². The van der Waals surface area contributed by atoms with Crippen molar-refractivity contribution in [3.05, 3.63) is 35.4 Å². The molecule has 0 bridgehead atoms. The summed E-state index contributed by atoms with van der Waals surface area (Å²) in [6, 6.07) is 5.73. The van der Waals surface area contributed by atoms with Crippen molar-refractivity contribution >= 4 is 0 Å². The van der Waals surface area contributed by atoms with E-state index in [4.69, 9.17) is 0 Å². The maximum absolute atomic E-state index is 13.2. The first-order valence-corrected chi connectivity index (χ1v) is 8.43. The zero-order valence-electron chi connectivity index (χ0n) is 13.6. The van der Waals surface area contributed by atoms with Gasteiger partial charge in [0, 0.05) is 6.61 Å². The van der Waals surface area contributed by atoms with Gasteiger partial charge in [-0.25, -0.2) is 0 Å². The number of nitrogens with zero attached hydrogens (tertiary/aromatic N) is 1. The summed E-state index contributed by atoms with van der Waals surface area (Å²) in [5.74, 6) is -0.469. The lowest BCUT2D eigenvalue weighted by Gasteiger charge is -2.30. The van der Waals surface area contributed by atoms with Crippen LogP contribution in [0.5, 0.6) is 0 Å². The highest BCUT2D eigenvalue weighted by Gasteiger charge is 2.35. The fourth-order valence-electron chi connectivity index (χ4n) is 3.44. The molecule has 0 saturated carbocycles. The normalized spacial score (nSPS) is 19.5. The van der Waals surface area contributed by atoms with Crippen LogP contribution in [0.4, 0.5) is 13.2 Å². The van der Waals surface area contributed by atoms with E-state index in [-0.39, 0.29) is 24.0 Å². The lowest BCUT2D eigenvalue weighted by atomic mass is 9.83. The number of halogens is 3. The third-order valence-corrected chi connectivity index (χ3v) is 4.96. The van der Waals surface area contributed by atoms with Crippen LogP contribution in [0, 0.1) is 5.92 Å². The van der Waals surface area contributed by atoms with Gasteiger partial charge in [-0.2, -0.15) is 13.2 Å². The van der Waals surface area contributed by atoms with Gasteiger partial charge in [-0.05, 0) is 62.4 Å². The molecule has 1 aromatic rings. The Kier molecular flexibility index (Phi) is 6.48. The fourth-order valence-corrected chi connectivity index (χ4v) is 3.44. The smallest absolute Gasteiger partial charge is 0.396 e. The van der Waals surface area contributed by atoms with Gasteiger partial charge in [-0.15, -0.1) is 0 Å². The second-order valence-corrected chi connectivity index (χ2v) is 6.51. The third kappa shape index (κ3) is 4.95. The molecule has 1 saturated heterocycles. The van der Waals surface area contributed by atoms with Crippen molar-refractivity contribution in [2.75, 3.05) is 26.2 Å². The molecule has 23 heavy (non-hydrogen) atoms. The van der Waals surface area contributed by atoms with Gasteiger partial charge in [0.25, 0.3) is 0 Å². The number of benzene rings is 1. The summed E-state index contributed by atoms with van der Waals surface area (Å²) in [6.45, 7) is 4.68. The number of alkyl halides is 3. The van der Waals surface area contributed by atoms with Crippen LogP contribution in [0.25, 0.3) is 0 Å². The summed E-state index contributed by atoms with van der Waals surface area (Å²) in [6.07, 6.45) is 0.0172. The Morgan fingerprint density at radius 2 is 1.78 bits per heavy atom. The van der Waals surface area contributed by atoms with Crippen LogP contribution >= 0.6 is 0 Å². The van der Waals surface area contributed by atoms with Crippen LogP contribution in [-0.2, 0) is 6.18 Å². The molecule has 2 unspecified atom stereocenters. The number of piperidine rings is 1. The maximum Gasteiger partial charge on any atom is 0.416 e. The monoisotopic (exact) mass is 329 g/mol. The Morgan fingerprint density at radius 3 is 2.39 bits per heavy atom. The van der Waals surface area contributed by atoms with Crippen molar-refractivity contribution in [2.45, 2.75) is 44.7 Å². The average Bonchev–Trinajstić information content (AvgIpc) is 2.55. The predicted molar refractivity (Wildman–Crippen MR) is 85.3 cm³/mol. The van der Waals surface area contributed by atoms with E-state index in [2.05, 4.69) is 4.90 Å². The van der Waals surface area contributed by atoms with E-state index in [0.29, 0.717) is 0 Å². The molecule has 0 amide bonds. The molecule has 0 aromatic heterocycles. The first kappa shape index (κ1) is 18.3. The maximum atomic E-state index is 13.2. The summed E-state index contributed by atoms with van der Waals surface area (Å²) in [5, 5.41) is 9.68. The van der Waals surface area contributed by atoms with Gasteiger partial charge in [-0.1, -0.05) is 31.5 Å². The first-order valence-electron chi connectivity index (χ1n) is 8.43. The number of rotatable bonds is 6. The van der Waals surface area contributed by atoms with Gasteiger partial charge >= 0.3 is 6.18 Å². The summed E-state index contributed by atoms with van der Waals surface area (Å²) < 4.78 is 39.5. The Morgan fingerprint density at radius 1 is 1.13 bits per heavy atom. The molecule has 5 heteroatoms. The molecule has 1 N–H and O–H groups in total. The van der Waals surface area contributed by atoms with Crippen molar-refractivity contribution < 1.29 is 18.3 Å². The SMILES string of the molecule is CC(c1ccccc1C(F)(F)F)C(CO)CCN1CCCCC1. The second kappa shape index (κ2) is 8.15.